The van der Waals surface area contributed by atoms with Crippen LogP contribution in [-0.2, 0) is 9.53 Å². The van der Waals surface area contributed by atoms with Gasteiger partial charge < -0.3 is 10.1 Å². The zero-order chi connectivity index (χ0) is 14.6. The van der Waals surface area contributed by atoms with E-state index in [1.807, 2.05) is 7.05 Å². The monoisotopic (exact) mass is 281 g/mol. The first-order valence-electron chi connectivity index (χ1n) is 8.33. The first-order chi connectivity index (χ1) is 9.45. The maximum atomic E-state index is 12.2. The predicted octanol–water partition coefficient (Wildman–Crippen LogP) is 3.81. The molecule has 0 spiro atoms. The molecule has 0 heterocycles. The van der Waals surface area contributed by atoms with E-state index in [0.717, 1.165) is 25.7 Å². The van der Waals surface area contributed by atoms with Crippen molar-refractivity contribution in [2.45, 2.75) is 89.7 Å². The van der Waals surface area contributed by atoms with Gasteiger partial charge in [0.1, 0.15) is 6.10 Å². The Balaban J connectivity index is 1.80. The van der Waals surface area contributed by atoms with E-state index in [0.29, 0.717) is 11.8 Å². The van der Waals surface area contributed by atoms with Gasteiger partial charge in [-0.05, 0) is 51.0 Å². The van der Waals surface area contributed by atoms with Crippen molar-refractivity contribution in [2.75, 3.05) is 7.05 Å². The molecule has 0 aromatic heterocycles. The molecule has 2 aliphatic rings. The normalized spacial score (nSPS) is 26.1. The van der Waals surface area contributed by atoms with Crippen molar-refractivity contribution in [1.82, 2.24) is 5.32 Å². The molecular weight excluding hydrogens is 250 g/mol. The van der Waals surface area contributed by atoms with Crippen LogP contribution in [0.5, 0.6) is 0 Å². The second-order valence-electron chi connectivity index (χ2n) is 7.62. The van der Waals surface area contributed by atoms with Gasteiger partial charge in [0.2, 0.25) is 0 Å². The molecule has 0 unspecified atom stereocenters. The predicted molar refractivity (Wildman–Crippen MR) is 81.6 cm³/mol. The van der Waals surface area contributed by atoms with Gasteiger partial charge >= 0.3 is 5.97 Å². The quantitative estimate of drug-likeness (QED) is 0.796. The average molecular weight is 281 g/mol. The lowest BCUT2D eigenvalue weighted by Crippen LogP contribution is -2.47. The number of carbonyl (C=O) groups excluding carboxylic acids is 1. The van der Waals surface area contributed by atoms with E-state index < -0.39 is 0 Å². The second-order valence-corrected chi connectivity index (χ2v) is 7.62. The first-order valence-corrected chi connectivity index (χ1v) is 8.33. The fourth-order valence-corrected chi connectivity index (χ4v) is 3.74. The molecule has 1 N–H and O–H groups in total. The van der Waals surface area contributed by atoms with Crippen molar-refractivity contribution in [1.29, 1.82) is 0 Å². The summed E-state index contributed by atoms with van der Waals surface area (Å²) in [7, 11) is 1.99. The molecule has 0 aromatic rings. The first kappa shape index (κ1) is 15.8. The molecule has 116 valence electrons. The van der Waals surface area contributed by atoms with Crippen LogP contribution in [0.4, 0.5) is 0 Å². The third-order valence-electron chi connectivity index (χ3n) is 5.41. The molecule has 20 heavy (non-hydrogen) atoms. The van der Waals surface area contributed by atoms with Crippen molar-refractivity contribution < 1.29 is 9.53 Å². The lowest BCUT2D eigenvalue weighted by Gasteiger charge is -2.38. The van der Waals surface area contributed by atoms with Crippen LogP contribution >= 0.6 is 0 Å². The standard InChI is InChI=1S/C17H31NO2/c1-16(2)11-7-14(8-12-16)20-15(19)13-17(18-3)9-5-4-6-10-17/h14,18H,4-13H2,1-3H3. The molecule has 3 heteroatoms. The molecule has 0 radical (unpaired) electrons. The van der Waals surface area contributed by atoms with Crippen LogP contribution in [0.15, 0.2) is 0 Å². The summed E-state index contributed by atoms with van der Waals surface area (Å²) < 4.78 is 5.74. The Morgan fingerprint density at radius 2 is 1.70 bits per heavy atom. The highest BCUT2D eigenvalue weighted by Crippen LogP contribution is 2.37. The summed E-state index contributed by atoms with van der Waals surface area (Å²) in [6.45, 7) is 4.62. The van der Waals surface area contributed by atoms with Crippen LogP contribution in [0.3, 0.4) is 0 Å². The highest BCUT2D eigenvalue weighted by atomic mass is 16.5. The lowest BCUT2D eigenvalue weighted by molar-refractivity contribution is -0.153. The van der Waals surface area contributed by atoms with E-state index in [9.17, 15) is 4.79 Å². The molecule has 2 aliphatic carbocycles. The third kappa shape index (κ3) is 4.21. The van der Waals surface area contributed by atoms with E-state index in [2.05, 4.69) is 19.2 Å². The summed E-state index contributed by atoms with van der Waals surface area (Å²) in [5.74, 6) is 0.00551. The summed E-state index contributed by atoms with van der Waals surface area (Å²) in [6, 6.07) is 0. The number of rotatable bonds is 4. The fraction of sp³-hybridized carbons (Fsp3) is 0.941. The Bertz CT molecular complexity index is 322. The van der Waals surface area contributed by atoms with Crippen molar-refractivity contribution in [2.24, 2.45) is 5.41 Å². The zero-order valence-corrected chi connectivity index (χ0v) is 13.5. The summed E-state index contributed by atoms with van der Waals surface area (Å²) >= 11 is 0. The minimum atomic E-state index is 0.00324. The SMILES string of the molecule is CNC1(CC(=O)OC2CCC(C)(C)CC2)CCCCC1. The van der Waals surface area contributed by atoms with Gasteiger partial charge in [-0.25, -0.2) is 0 Å². The van der Waals surface area contributed by atoms with E-state index in [-0.39, 0.29) is 17.6 Å². The molecule has 0 atom stereocenters. The van der Waals surface area contributed by atoms with Crippen LogP contribution in [0.1, 0.15) is 78.1 Å². The van der Waals surface area contributed by atoms with Gasteiger partial charge in [0.15, 0.2) is 0 Å². The summed E-state index contributed by atoms with van der Waals surface area (Å²) in [5, 5.41) is 3.40. The Morgan fingerprint density at radius 3 is 2.25 bits per heavy atom. The van der Waals surface area contributed by atoms with E-state index in [1.165, 1.54) is 32.1 Å². The maximum Gasteiger partial charge on any atom is 0.307 e. The van der Waals surface area contributed by atoms with Gasteiger partial charge in [-0.3, -0.25) is 4.79 Å². The van der Waals surface area contributed by atoms with Crippen molar-refractivity contribution >= 4 is 5.97 Å². The van der Waals surface area contributed by atoms with Gasteiger partial charge in [0, 0.05) is 5.54 Å². The Hall–Kier alpha value is -0.570. The van der Waals surface area contributed by atoms with Crippen molar-refractivity contribution in [3.05, 3.63) is 0 Å². The fourth-order valence-electron chi connectivity index (χ4n) is 3.74. The highest BCUT2D eigenvalue weighted by molar-refractivity contribution is 5.71. The van der Waals surface area contributed by atoms with Crippen molar-refractivity contribution in [3.63, 3.8) is 0 Å². The van der Waals surface area contributed by atoms with Gasteiger partial charge in [0.25, 0.3) is 0 Å². The third-order valence-corrected chi connectivity index (χ3v) is 5.41. The largest absolute Gasteiger partial charge is 0.462 e. The maximum absolute atomic E-state index is 12.2. The van der Waals surface area contributed by atoms with Gasteiger partial charge in [0.05, 0.1) is 6.42 Å². The molecule has 0 amide bonds. The molecule has 2 fully saturated rings. The van der Waals surface area contributed by atoms with Crippen LogP contribution in [0.2, 0.25) is 0 Å². The Kier molecular flexibility index (Phi) is 5.11. The second kappa shape index (κ2) is 6.46. The van der Waals surface area contributed by atoms with Crippen molar-refractivity contribution in [3.8, 4) is 0 Å². The smallest absolute Gasteiger partial charge is 0.307 e. The molecular formula is C17H31NO2. The summed E-state index contributed by atoms with van der Waals surface area (Å²) in [4.78, 5) is 12.2. The number of ether oxygens (including phenoxy) is 1. The number of esters is 1. The molecule has 2 saturated carbocycles. The van der Waals surface area contributed by atoms with Gasteiger partial charge in [-0.1, -0.05) is 33.1 Å². The summed E-state index contributed by atoms with van der Waals surface area (Å²) in [5.41, 5.74) is 0.432. The number of hydrogen-bond acceptors (Lipinski definition) is 3. The topological polar surface area (TPSA) is 38.3 Å². The molecule has 3 nitrogen and oxygen atoms in total. The van der Waals surface area contributed by atoms with Crippen LogP contribution < -0.4 is 5.32 Å². The highest BCUT2D eigenvalue weighted by Gasteiger charge is 2.35. The Morgan fingerprint density at radius 1 is 1.10 bits per heavy atom. The zero-order valence-electron chi connectivity index (χ0n) is 13.5. The number of hydrogen-bond donors (Lipinski definition) is 1. The number of carbonyl (C=O) groups is 1. The van der Waals surface area contributed by atoms with Crippen LogP contribution in [0.25, 0.3) is 0 Å². The lowest BCUT2D eigenvalue weighted by atomic mass is 9.76. The minimum Gasteiger partial charge on any atom is -0.462 e. The van der Waals surface area contributed by atoms with E-state index in [4.69, 9.17) is 4.74 Å². The molecule has 0 aliphatic heterocycles. The average Bonchev–Trinajstić information content (AvgIpc) is 2.42. The summed E-state index contributed by atoms with van der Waals surface area (Å²) in [6.07, 6.45) is 11.1. The van der Waals surface area contributed by atoms with Gasteiger partial charge in [-0.15, -0.1) is 0 Å². The Labute approximate surface area is 123 Å². The number of nitrogens with one attached hydrogen (secondary N) is 1. The van der Waals surface area contributed by atoms with E-state index in [1.54, 1.807) is 0 Å². The molecule has 0 saturated heterocycles. The minimum absolute atomic E-state index is 0.00324. The van der Waals surface area contributed by atoms with Crippen LogP contribution in [-0.4, -0.2) is 24.7 Å². The van der Waals surface area contributed by atoms with Crippen LogP contribution in [0, 0.1) is 5.41 Å². The molecule has 2 rings (SSSR count). The molecule has 0 aromatic carbocycles. The van der Waals surface area contributed by atoms with E-state index >= 15 is 0 Å². The molecule has 0 bridgehead atoms. The van der Waals surface area contributed by atoms with Gasteiger partial charge in [-0.2, -0.15) is 0 Å².